The number of nitrogens with zero attached hydrogens (tertiary/aromatic N) is 4. The van der Waals surface area contributed by atoms with Crippen molar-refractivity contribution in [3.05, 3.63) is 71.0 Å². The van der Waals surface area contributed by atoms with E-state index in [9.17, 15) is 9.18 Å². The topological polar surface area (TPSA) is 52.8 Å². The summed E-state index contributed by atoms with van der Waals surface area (Å²) in [6, 6.07) is 13.9. The maximum absolute atomic E-state index is 13.6. The molecule has 7 heteroatoms. The molecular formula is C26H31FN4O2. The summed E-state index contributed by atoms with van der Waals surface area (Å²) in [5.41, 5.74) is 4.01. The van der Waals surface area contributed by atoms with Gasteiger partial charge < -0.3 is 19.2 Å². The van der Waals surface area contributed by atoms with Crippen molar-refractivity contribution in [1.82, 2.24) is 15.0 Å². The number of likely N-dealkylation sites (N-methyl/N-ethyl adjacent to an activating group) is 1. The Morgan fingerprint density at radius 1 is 1.12 bits per heavy atom. The Morgan fingerprint density at radius 3 is 2.52 bits per heavy atom. The molecule has 0 bridgehead atoms. The van der Waals surface area contributed by atoms with Crippen molar-refractivity contribution in [1.29, 1.82) is 0 Å². The fourth-order valence-corrected chi connectivity index (χ4v) is 4.21. The number of aromatic nitrogens is 1. The van der Waals surface area contributed by atoms with Crippen LogP contribution in [-0.2, 0) is 6.54 Å². The van der Waals surface area contributed by atoms with Crippen LogP contribution in [0.4, 0.5) is 10.3 Å². The highest BCUT2D eigenvalue weighted by Gasteiger charge is 2.28. The molecule has 0 spiro atoms. The van der Waals surface area contributed by atoms with E-state index in [1.807, 2.05) is 36.1 Å². The molecule has 174 valence electrons. The molecule has 1 aromatic heterocycles. The average Bonchev–Trinajstić information content (AvgIpc) is 3.23. The molecule has 1 fully saturated rings. The third-order valence-corrected chi connectivity index (χ3v) is 6.07. The van der Waals surface area contributed by atoms with Crippen LogP contribution in [0.2, 0.25) is 0 Å². The lowest BCUT2D eigenvalue weighted by Crippen LogP contribution is -2.45. The minimum absolute atomic E-state index is 0.0175. The van der Waals surface area contributed by atoms with Crippen molar-refractivity contribution in [2.24, 2.45) is 0 Å². The number of benzene rings is 2. The number of hydrogen-bond acceptors (Lipinski definition) is 5. The number of carbonyl (C=O) groups is 1. The third kappa shape index (κ3) is 5.25. The molecular weight excluding hydrogens is 419 g/mol. The zero-order chi connectivity index (χ0) is 23.4. The molecule has 0 aliphatic carbocycles. The fraction of sp³-hybridized carbons (Fsp3) is 0.385. The molecule has 0 atom stereocenters. The molecule has 3 aromatic rings. The molecule has 0 saturated carbocycles. The van der Waals surface area contributed by atoms with Gasteiger partial charge in [-0.2, -0.15) is 0 Å². The van der Waals surface area contributed by atoms with E-state index >= 15 is 0 Å². The average molecular weight is 451 g/mol. The van der Waals surface area contributed by atoms with E-state index in [-0.39, 0.29) is 11.7 Å². The van der Waals surface area contributed by atoms with Gasteiger partial charge in [0.1, 0.15) is 11.5 Å². The van der Waals surface area contributed by atoms with Gasteiger partial charge in [0.05, 0.1) is 12.1 Å². The van der Waals surface area contributed by atoms with E-state index in [1.54, 1.807) is 12.1 Å². The van der Waals surface area contributed by atoms with Gasteiger partial charge in [-0.05, 0) is 56.8 Å². The number of carbonyl (C=O) groups excluding carboxylic acids is 1. The fourth-order valence-electron chi connectivity index (χ4n) is 4.21. The van der Waals surface area contributed by atoms with Crippen LogP contribution in [0.1, 0.15) is 34.8 Å². The SMILES string of the molecule is CCCN(Cc1c(-c2ccc(F)cc2)noc1N1CCN(C)CC1)C(=O)c1cccc(C)c1. The molecule has 1 amide bonds. The van der Waals surface area contributed by atoms with Gasteiger partial charge >= 0.3 is 0 Å². The van der Waals surface area contributed by atoms with Crippen LogP contribution >= 0.6 is 0 Å². The Labute approximate surface area is 194 Å². The molecule has 1 saturated heterocycles. The van der Waals surface area contributed by atoms with Crippen molar-refractivity contribution >= 4 is 11.8 Å². The second-order valence-electron chi connectivity index (χ2n) is 8.71. The monoisotopic (exact) mass is 450 g/mol. The molecule has 0 radical (unpaired) electrons. The van der Waals surface area contributed by atoms with Gasteiger partial charge in [0.25, 0.3) is 5.91 Å². The van der Waals surface area contributed by atoms with Crippen LogP contribution < -0.4 is 4.90 Å². The largest absolute Gasteiger partial charge is 0.338 e. The van der Waals surface area contributed by atoms with Crippen molar-refractivity contribution < 1.29 is 13.7 Å². The number of aryl methyl sites for hydroxylation is 1. The molecule has 2 heterocycles. The maximum Gasteiger partial charge on any atom is 0.254 e. The van der Waals surface area contributed by atoms with Crippen molar-refractivity contribution in [3.63, 3.8) is 0 Å². The summed E-state index contributed by atoms with van der Waals surface area (Å²) in [5.74, 6) is 0.377. The van der Waals surface area contributed by atoms with E-state index in [0.29, 0.717) is 30.2 Å². The quantitative estimate of drug-likeness (QED) is 0.527. The first-order valence-corrected chi connectivity index (χ1v) is 11.5. The van der Waals surface area contributed by atoms with Gasteiger partial charge in [-0.25, -0.2) is 4.39 Å². The Hall–Kier alpha value is -3.19. The van der Waals surface area contributed by atoms with Gasteiger partial charge in [0.15, 0.2) is 0 Å². The highest BCUT2D eigenvalue weighted by Crippen LogP contribution is 2.33. The molecule has 0 unspecified atom stereocenters. The zero-order valence-electron chi connectivity index (χ0n) is 19.6. The molecule has 1 aliphatic rings. The lowest BCUT2D eigenvalue weighted by molar-refractivity contribution is 0.0743. The molecule has 4 rings (SSSR count). The number of rotatable bonds is 7. The summed E-state index contributed by atoms with van der Waals surface area (Å²) >= 11 is 0. The van der Waals surface area contributed by atoms with Gasteiger partial charge in [0.2, 0.25) is 5.88 Å². The number of anilines is 1. The van der Waals surface area contributed by atoms with E-state index in [2.05, 4.69) is 28.9 Å². The normalized spacial score (nSPS) is 14.5. The van der Waals surface area contributed by atoms with Gasteiger partial charge in [-0.15, -0.1) is 0 Å². The summed E-state index contributed by atoms with van der Waals surface area (Å²) in [4.78, 5) is 19.8. The first kappa shape index (κ1) is 23.0. The summed E-state index contributed by atoms with van der Waals surface area (Å²) in [6.45, 7) is 8.52. The third-order valence-electron chi connectivity index (χ3n) is 6.07. The molecule has 33 heavy (non-hydrogen) atoms. The number of halogens is 1. The first-order valence-electron chi connectivity index (χ1n) is 11.5. The van der Waals surface area contributed by atoms with Gasteiger partial charge in [-0.1, -0.05) is 29.8 Å². The summed E-state index contributed by atoms with van der Waals surface area (Å²) in [5, 5.41) is 4.38. The predicted molar refractivity (Wildman–Crippen MR) is 128 cm³/mol. The molecule has 2 aromatic carbocycles. The number of piperazine rings is 1. The van der Waals surface area contributed by atoms with Gasteiger partial charge in [-0.3, -0.25) is 4.79 Å². The Kier molecular flexibility index (Phi) is 7.08. The minimum Gasteiger partial charge on any atom is -0.338 e. The summed E-state index contributed by atoms with van der Waals surface area (Å²) in [6.07, 6.45) is 0.832. The van der Waals surface area contributed by atoms with Crippen LogP contribution in [0.5, 0.6) is 0 Å². The first-order chi connectivity index (χ1) is 16.0. The van der Waals surface area contributed by atoms with E-state index in [0.717, 1.165) is 49.3 Å². The second kappa shape index (κ2) is 10.2. The van der Waals surface area contributed by atoms with Crippen LogP contribution in [-0.4, -0.2) is 60.6 Å². The lowest BCUT2D eigenvalue weighted by Gasteiger charge is -2.33. The molecule has 1 aliphatic heterocycles. The highest BCUT2D eigenvalue weighted by molar-refractivity contribution is 5.94. The summed E-state index contributed by atoms with van der Waals surface area (Å²) < 4.78 is 19.4. The van der Waals surface area contributed by atoms with Gasteiger partial charge in [0, 0.05) is 43.9 Å². The van der Waals surface area contributed by atoms with E-state index < -0.39 is 0 Å². The van der Waals surface area contributed by atoms with E-state index in [1.165, 1.54) is 12.1 Å². The standard InChI is InChI=1S/C26H31FN4O2/c1-4-12-31(25(32)21-7-5-6-19(2)17-21)18-23-24(20-8-10-22(27)11-9-20)28-33-26(23)30-15-13-29(3)14-16-30/h5-11,17H,4,12-16,18H2,1-3H3. The number of amides is 1. The molecule has 6 nitrogen and oxygen atoms in total. The smallest absolute Gasteiger partial charge is 0.254 e. The van der Waals surface area contributed by atoms with Crippen LogP contribution in [0, 0.1) is 12.7 Å². The van der Waals surface area contributed by atoms with Crippen molar-refractivity contribution in [2.75, 3.05) is 44.7 Å². The van der Waals surface area contributed by atoms with Crippen LogP contribution in [0.3, 0.4) is 0 Å². The highest BCUT2D eigenvalue weighted by atomic mass is 19.1. The van der Waals surface area contributed by atoms with Crippen LogP contribution in [0.15, 0.2) is 53.1 Å². The Balaban J connectivity index is 1.71. The van der Waals surface area contributed by atoms with Crippen LogP contribution in [0.25, 0.3) is 11.3 Å². The Morgan fingerprint density at radius 2 is 1.85 bits per heavy atom. The second-order valence-corrected chi connectivity index (χ2v) is 8.71. The van der Waals surface area contributed by atoms with Crippen molar-refractivity contribution in [2.45, 2.75) is 26.8 Å². The number of hydrogen-bond donors (Lipinski definition) is 0. The maximum atomic E-state index is 13.6. The Bertz CT molecular complexity index is 1090. The molecule has 0 N–H and O–H groups in total. The van der Waals surface area contributed by atoms with Crippen molar-refractivity contribution in [3.8, 4) is 11.3 Å². The lowest BCUT2D eigenvalue weighted by atomic mass is 10.1. The minimum atomic E-state index is -0.301. The summed E-state index contributed by atoms with van der Waals surface area (Å²) in [7, 11) is 2.10. The zero-order valence-corrected chi connectivity index (χ0v) is 19.6. The predicted octanol–water partition coefficient (Wildman–Crippen LogP) is 4.59. The van der Waals surface area contributed by atoms with E-state index in [4.69, 9.17) is 4.52 Å².